The van der Waals surface area contributed by atoms with Crippen molar-refractivity contribution in [2.24, 2.45) is 0 Å². The molecular formula is C7H9Mn. The molecule has 0 amide bonds. The van der Waals surface area contributed by atoms with Gasteiger partial charge < -0.3 is 0 Å². The number of hydrogen-bond donors (Lipinski definition) is 0. The molecule has 8 heavy (non-hydrogen) atoms. The molecule has 44 valence electrons. The third kappa shape index (κ3) is 0.887. The van der Waals surface area contributed by atoms with E-state index in [1.54, 1.807) is 0 Å². The van der Waals surface area contributed by atoms with Crippen LogP contribution in [0.4, 0.5) is 0 Å². The molecule has 0 bridgehead atoms. The van der Waals surface area contributed by atoms with Crippen molar-refractivity contribution in [3.05, 3.63) is 21.7 Å². The van der Waals surface area contributed by atoms with Crippen molar-refractivity contribution in [2.75, 3.05) is 0 Å². The minimum absolute atomic E-state index is 1.09. The van der Waals surface area contributed by atoms with Crippen LogP contribution in [0.25, 0.3) is 0 Å². The van der Waals surface area contributed by atoms with Gasteiger partial charge in [0, 0.05) is 0 Å². The third-order valence-corrected chi connectivity index (χ3v) is 2.27. The first-order chi connectivity index (χ1) is 3.72. The number of hydrogen-bond acceptors (Lipinski definition) is 0. The van der Waals surface area contributed by atoms with Gasteiger partial charge in [0.2, 0.25) is 0 Å². The molecule has 0 aromatic rings. The van der Waals surface area contributed by atoms with Gasteiger partial charge >= 0.3 is 58.0 Å². The molecule has 0 spiro atoms. The second-order valence-electron chi connectivity index (χ2n) is 2.12. The van der Waals surface area contributed by atoms with Crippen molar-refractivity contribution in [1.29, 1.82) is 0 Å². The first kappa shape index (κ1) is 6.12. The van der Waals surface area contributed by atoms with Gasteiger partial charge in [0.05, 0.1) is 0 Å². The van der Waals surface area contributed by atoms with E-state index in [0.29, 0.717) is 0 Å². The van der Waals surface area contributed by atoms with E-state index in [4.69, 9.17) is 0 Å². The van der Waals surface area contributed by atoms with Crippen molar-refractivity contribution in [3.8, 4) is 0 Å². The summed E-state index contributed by atoms with van der Waals surface area (Å²) < 4.78 is 1.34. The van der Waals surface area contributed by atoms with Gasteiger partial charge in [0.15, 0.2) is 0 Å². The topological polar surface area (TPSA) is 0 Å². The van der Waals surface area contributed by atoms with E-state index in [2.05, 4.69) is 35.9 Å². The van der Waals surface area contributed by atoms with Crippen LogP contribution >= 0.6 is 0 Å². The maximum absolute atomic E-state index is 3.47. The summed E-state index contributed by atoms with van der Waals surface area (Å²) in [7, 11) is 0. The monoisotopic (exact) mass is 148 g/mol. The summed E-state index contributed by atoms with van der Waals surface area (Å²) >= 11 is 3.47. The number of allylic oxidation sites excluding steroid dienone is 4. The Morgan fingerprint density at radius 2 is 2.12 bits per heavy atom. The van der Waals surface area contributed by atoms with Gasteiger partial charge in [-0.25, -0.2) is 0 Å². The Labute approximate surface area is 58.5 Å². The molecule has 0 radical (unpaired) electrons. The zero-order valence-corrected chi connectivity index (χ0v) is 6.34. The molecule has 0 unspecified atom stereocenters. The van der Waals surface area contributed by atoms with E-state index >= 15 is 0 Å². The molecule has 0 nitrogen and oxygen atoms in total. The van der Waals surface area contributed by atoms with Crippen LogP contribution in [0.15, 0.2) is 21.7 Å². The first-order valence-corrected chi connectivity index (χ1v) is 3.33. The van der Waals surface area contributed by atoms with Crippen LogP contribution in [0.1, 0.15) is 20.3 Å². The van der Waals surface area contributed by atoms with Crippen LogP contribution in [0.2, 0.25) is 0 Å². The summed E-state index contributed by atoms with van der Waals surface area (Å²) in [4.78, 5) is 0. The van der Waals surface area contributed by atoms with Gasteiger partial charge in [-0.2, -0.15) is 0 Å². The summed E-state index contributed by atoms with van der Waals surface area (Å²) in [6.07, 6.45) is 3.33. The maximum atomic E-state index is 3.47. The molecule has 0 aromatic carbocycles. The van der Waals surface area contributed by atoms with Crippen LogP contribution in [0.3, 0.4) is 0 Å². The predicted molar refractivity (Wildman–Crippen MR) is 31.1 cm³/mol. The van der Waals surface area contributed by atoms with E-state index in [9.17, 15) is 0 Å². The standard InChI is InChI=1S/C7H9.Mn/c1-6-4-3-5-7(6)2;/h4H,3H2,1-2H3;. The molecular weight excluding hydrogens is 139 g/mol. The fourth-order valence-electron chi connectivity index (χ4n) is 0.763. The third-order valence-electron chi connectivity index (χ3n) is 1.59. The summed E-state index contributed by atoms with van der Waals surface area (Å²) in [5, 5.41) is 0. The fraction of sp³-hybridized carbons (Fsp3) is 0.429. The van der Waals surface area contributed by atoms with Crippen LogP contribution in [-0.4, -0.2) is 0 Å². The zero-order chi connectivity index (χ0) is 6.15. The van der Waals surface area contributed by atoms with Crippen molar-refractivity contribution >= 4 is 0 Å². The molecule has 0 atom stereocenters. The van der Waals surface area contributed by atoms with Crippen LogP contribution in [0, 0.1) is 0 Å². The summed E-state index contributed by atoms with van der Waals surface area (Å²) in [5.74, 6) is 0. The summed E-state index contributed by atoms with van der Waals surface area (Å²) in [6.45, 7) is 4.28. The molecule has 1 heteroatoms. The van der Waals surface area contributed by atoms with E-state index in [0.717, 1.165) is 6.42 Å². The van der Waals surface area contributed by atoms with Crippen molar-refractivity contribution in [3.63, 3.8) is 0 Å². The van der Waals surface area contributed by atoms with E-state index in [1.807, 2.05) is 0 Å². The molecule has 1 rings (SSSR count). The van der Waals surface area contributed by atoms with Crippen molar-refractivity contribution in [1.82, 2.24) is 0 Å². The van der Waals surface area contributed by atoms with E-state index in [1.165, 1.54) is 15.6 Å². The average molecular weight is 148 g/mol. The SMILES string of the molecule is CC1=CC[C]([Mn])=C1C. The van der Waals surface area contributed by atoms with Gasteiger partial charge in [-0.05, 0) is 0 Å². The van der Waals surface area contributed by atoms with Crippen LogP contribution in [-0.2, 0) is 16.0 Å². The van der Waals surface area contributed by atoms with Gasteiger partial charge in [0.25, 0.3) is 0 Å². The molecule has 0 saturated heterocycles. The zero-order valence-electron chi connectivity index (χ0n) is 5.16. The number of rotatable bonds is 0. The predicted octanol–water partition coefficient (Wildman–Crippen LogP) is 2.16. The Bertz CT molecular complexity index is 158. The van der Waals surface area contributed by atoms with E-state index < -0.39 is 0 Å². The first-order valence-electron chi connectivity index (χ1n) is 2.74. The average Bonchev–Trinajstić information content (AvgIpc) is 1.98. The molecule has 0 aliphatic heterocycles. The molecule has 1 aliphatic carbocycles. The fourth-order valence-corrected chi connectivity index (χ4v) is 1.12. The van der Waals surface area contributed by atoms with Gasteiger partial charge in [-0.15, -0.1) is 0 Å². The Kier molecular flexibility index (Phi) is 1.59. The van der Waals surface area contributed by atoms with Crippen molar-refractivity contribution < 1.29 is 16.0 Å². The summed E-state index contributed by atoms with van der Waals surface area (Å²) in [6, 6.07) is 0. The Balaban J connectivity index is 2.88. The molecule has 1 aliphatic rings. The van der Waals surface area contributed by atoms with Crippen molar-refractivity contribution in [2.45, 2.75) is 20.3 Å². The minimum atomic E-state index is 1.09. The second kappa shape index (κ2) is 2.08. The second-order valence-corrected chi connectivity index (χ2v) is 2.83. The molecule has 0 fully saturated rings. The Morgan fingerprint density at radius 3 is 2.25 bits per heavy atom. The van der Waals surface area contributed by atoms with Gasteiger partial charge in [-0.3, -0.25) is 0 Å². The molecule has 0 heterocycles. The van der Waals surface area contributed by atoms with Crippen LogP contribution < -0.4 is 0 Å². The summed E-state index contributed by atoms with van der Waals surface area (Å²) in [5.41, 5.74) is 2.82. The van der Waals surface area contributed by atoms with Gasteiger partial charge in [0.1, 0.15) is 0 Å². The Hall–Kier alpha value is -0.000519. The normalized spacial score (nSPS) is 19.6. The Morgan fingerprint density at radius 1 is 1.50 bits per heavy atom. The molecule has 0 saturated carbocycles. The quantitative estimate of drug-likeness (QED) is 0.462. The van der Waals surface area contributed by atoms with Gasteiger partial charge in [-0.1, -0.05) is 0 Å². The molecule has 0 aromatic heterocycles. The van der Waals surface area contributed by atoms with E-state index in [-0.39, 0.29) is 0 Å². The van der Waals surface area contributed by atoms with Crippen LogP contribution in [0.5, 0.6) is 0 Å². The molecule has 0 N–H and O–H groups in total.